The summed E-state index contributed by atoms with van der Waals surface area (Å²) in [6, 6.07) is 9.17. The van der Waals surface area contributed by atoms with E-state index in [-0.39, 0.29) is 12.8 Å². The Labute approximate surface area is 145 Å². The molecule has 0 unspecified atom stereocenters. The zero-order valence-corrected chi connectivity index (χ0v) is 13.9. The summed E-state index contributed by atoms with van der Waals surface area (Å²) in [6.07, 6.45) is 0. The van der Waals surface area contributed by atoms with E-state index in [1.807, 2.05) is 25.1 Å². The number of anilines is 2. The average Bonchev–Trinajstić information content (AvgIpc) is 3.10. The molecule has 2 aliphatic rings. The maximum atomic E-state index is 12.5. The molecule has 8 nitrogen and oxygen atoms in total. The first-order chi connectivity index (χ1) is 12.2. The maximum absolute atomic E-state index is 12.5. The molecule has 0 saturated carbocycles. The van der Waals surface area contributed by atoms with Gasteiger partial charge in [-0.3, -0.25) is 0 Å². The van der Waals surface area contributed by atoms with Crippen molar-refractivity contribution in [3.05, 3.63) is 36.0 Å². The summed E-state index contributed by atoms with van der Waals surface area (Å²) in [4.78, 5) is 16.4. The van der Waals surface area contributed by atoms with Crippen molar-refractivity contribution in [1.82, 2.24) is 15.1 Å². The molecule has 0 aliphatic carbocycles. The minimum absolute atomic E-state index is 0.117. The van der Waals surface area contributed by atoms with E-state index in [1.54, 1.807) is 17.0 Å². The lowest BCUT2D eigenvalue weighted by molar-refractivity contribution is 0.174. The van der Waals surface area contributed by atoms with Crippen LogP contribution in [-0.2, 0) is 0 Å². The van der Waals surface area contributed by atoms with Gasteiger partial charge in [0.05, 0.1) is 5.69 Å². The molecule has 3 heterocycles. The van der Waals surface area contributed by atoms with Gasteiger partial charge < -0.3 is 24.6 Å². The number of urea groups is 1. The number of carbonyl (C=O) groups excluding carboxylic acids is 1. The van der Waals surface area contributed by atoms with Gasteiger partial charge in [0.25, 0.3) is 0 Å². The molecular weight excluding hydrogens is 322 g/mol. The van der Waals surface area contributed by atoms with Gasteiger partial charge >= 0.3 is 6.03 Å². The van der Waals surface area contributed by atoms with Gasteiger partial charge in [0.15, 0.2) is 17.3 Å². The number of piperazine rings is 1. The van der Waals surface area contributed by atoms with Crippen LogP contribution in [0.2, 0.25) is 0 Å². The van der Waals surface area contributed by atoms with Gasteiger partial charge in [0.1, 0.15) is 0 Å². The van der Waals surface area contributed by atoms with Crippen LogP contribution in [0.4, 0.5) is 16.3 Å². The molecule has 2 aromatic rings. The first kappa shape index (κ1) is 15.5. The Morgan fingerprint density at radius 3 is 2.60 bits per heavy atom. The molecule has 1 saturated heterocycles. The largest absolute Gasteiger partial charge is 0.454 e. The fourth-order valence-corrected chi connectivity index (χ4v) is 2.88. The monoisotopic (exact) mass is 341 g/mol. The molecule has 0 spiro atoms. The molecule has 2 amide bonds. The van der Waals surface area contributed by atoms with Crippen LogP contribution in [0, 0.1) is 6.92 Å². The van der Waals surface area contributed by atoms with Crippen molar-refractivity contribution in [3.63, 3.8) is 0 Å². The number of rotatable bonds is 2. The van der Waals surface area contributed by atoms with Crippen molar-refractivity contribution in [2.45, 2.75) is 6.92 Å². The van der Waals surface area contributed by atoms with Crippen LogP contribution < -0.4 is 19.7 Å². The molecule has 1 aromatic heterocycles. The third kappa shape index (κ3) is 3.28. The Balaban J connectivity index is 1.34. The fourth-order valence-electron chi connectivity index (χ4n) is 2.88. The maximum Gasteiger partial charge on any atom is 0.321 e. The van der Waals surface area contributed by atoms with Gasteiger partial charge in [-0.25, -0.2) is 4.79 Å². The van der Waals surface area contributed by atoms with Gasteiger partial charge in [-0.05, 0) is 31.2 Å². The topological polar surface area (TPSA) is 79.8 Å². The van der Waals surface area contributed by atoms with Crippen molar-refractivity contribution in [1.29, 1.82) is 0 Å². The third-order valence-corrected chi connectivity index (χ3v) is 4.30. The van der Waals surface area contributed by atoms with E-state index < -0.39 is 0 Å². The highest BCUT2D eigenvalue weighted by molar-refractivity contribution is 5.90. The van der Waals surface area contributed by atoms with Crippen molar-refractivity contribution in [3.8, 4) is 11.5 Å². The third-order valence-electron chi connectivity index (χ3n) is 4.30. The highest BCUT2D eigenvalue weighted by Crippen LogP contribution is 2.34. The second kappa shape index (κ2) is 6.46. The second-order valence-electron chi connectivity index (χ2n) is 6.01. The molecule has 0 atom stereocenters. The molecule has 8 heteroatoms. The summed E-state index contributed by atoms with van der Waals surface area (Å²) in [5, 5.41) is 11.2. The van der Waals surface area contributed by atoms with Gasteiger partial charge in [0, 0.05) is 37.9 Å². The molecule has 0 radical (unpaired) electrons. The van der Waals surface area contributed by atoms with Crippen molar-refractivity contribution < 1.29 is 14.3 Å². The predicted molar refractivity (Wildman–Crippen MR) is 92.1 cm³/mol. The van der Waals surface area contributed by atoms with Crippen LogP contribution in [0.15, 0.2) is 30.3 Å². The van der Waals surface area contributed by atoms with Crippen molar-refractivity contribution >= 4 is 17.5 Å². The van der Waals surface area contributed by atoms with E-state index in [9.17, 15) is 4.79 Å². The summed E-state index contributed by atoms with van der Waals surface area (Å²) in [5.74, 6) is 2.20. The number of hydrogen-bond donors (Lipinski definition) is 1. The van der Waals surface area contributed by atoms with Crippen LogP contribution in [0.25, 0.3) is 0 Å². The quantitative estimate of drug-likeness (QED) is 0.898. The highest BCUT2D eigenvalue weighted by atomic mass is 16.7. The molecule has 130 valence electrons. The van der Waals surface area contributed by atoms with E-state index >= 15 is 0 Å². The normalized spacial score (nSPS) is 16.0. The van der Waals surface area contributed by atoms with E-state index in [0.29, 0.717) is 30.3 Å². The molecule has 25 heavy (non-hydrogen) atoms. The minimum atomic E-state index is -0.117. The molecule has 1 aromatic carbocycles. The number of nitrogens with zero attached hydrogens (tertiary/aromatic N) is 4. The molecule has 1 N–H and O–H groups in total. The first-order valence-corrected chi connectivity index (χ1v) is 8.20. The Kier molecular flexibility index (Phi) is 4.01. The van der Waals surface area contributed by atoms with Gasteiger partial charge in [-0.15, -0.1) is 5.10 Å². The first-order valence-electron chi connectivity index (χ1n) is 8.20. The minimum Gasteiger partial charge on any atom is -0.454 e. The van der Waals surface area contributed by atoms with Crippen molar-refractivity contribution in [2.75, 3.05) is 43.2 Å². The van der Waals surface area contributed by atoms with Gasteiger partial charge in [-0.1, -0.05) is 0 Å². The molecular formula is C17H19N5O3. The number of benzene rings is 1. The number of fused-ring (bicyclic) bond motifs is 1. The van der Waals surface area contributed by atoms with Crippen LogP contribution >= 0.6 is 0 Å². The average molecular weight is 341 g/mol. The van der Waals surface area contributed by atoms with Crippen LogP contribution in [0.5, 0.6) is 11.5 Å². The molecule has 2 aliphatic heterocycles. The molecule has 4 rings (SSSR count). The Morgan fingerprint density at radius 2 is 1.84 bits per heavy atom. The standard InChI is InChI=1S/C17H19N5O3/c1-12-2-5-16(20-19-12)21-6-8-22(9-7-21)17(23)18-13-3-4-14-15(10-13)25-11-24-14/h2-5,10H,6-9,11H2,1H3,(H,18,23). The number of nitrogens with one attached hydrogen (secondary N) is 1. The Bertz CT molecular complexity index is 772. The van der Waals surface area contributed by atoms with Crippen LogP contribution in [0.1, 0.15) is 5.69 Å². The van der Waals surface area contributed by atoms with Gasteiger partial charge in [0.2, 0.25) is 6.79 Å². The number of aromatic nitrogens is 2. The number of hydrogen-bond acceptors (Lipinski definition) is 6. The lowest BCUT2D eigenvalue weighted by Gasteiger charge is -2.35. The van der Waals surface area contributed by atoms with E-state index in [4.69, 9.17) is 9.47 Å². The summed E-state index contributed by atoms with van der Waals surface area (Å²) < 4.78 is 10.6. The zero-order valence-electron chi connectivity index (χ0n) is 13.9. The van der Waals surface area contributed by atoms with E-state index in [1.165, 1.54) is 0 Å². The van der Waals surface area contributed by atoms with E-state index in [0.717, 1.165) is 24.6 Å². The zero-order chi connectivity index (χ0) is 17.2. The molecule has 1 fully saturated rings. The van der Waals surface area contributed by atoms with Crippen LogP contribution in [-0.4, -0.2) is 54.1 Å². The summed E-state index contributed by atoms with van der Waals surface area (Å²) in [5.41, 5.74) is 1.59. The number of amides is 2. The highest BCUT2D eigenvalue weighted by Gasteiger charge is 2.23. The van der Waals surface area contributed by atoms with E-state index in [2.05, 4.69) is 20.4 Å². The van der Waals surface area contributed by atoms with Gasteiger partial charge in [-0.2, -0.15) is 5.10 Å². The summed E-state index contributed by atoms with van der Waals surface area (Å²) in [6.45, 7) is 4.85. The number of aryl methyl sites for hydroxylation is 1. The summed E-state index contributed by atoms with van der Waals surface area (Å²) >= 11 is 0. The van der Waals surface area contributed by atoms with Crippen LogP contribution in [0.3, 0.4) is 0 Å². The fraction of sp³-hybridized carbons (Fsp3) is 0.353. The van der Waals surface area contributed by atoms with Crippen molar-refractivity contribution in [2.24, 2.45) is 0 Å². The summed E-state index contributed by atoms with van der Waals surface area (Å²) in [7, 11) is 0. The Morgan fingerprint density at radius 1 is 1.04 bits per heavy atom. The number of carbonyl (C=O) groups is 1. The Hall–Kier alpha value is -3.03. The number of ether oxygens (including phenoxy) is 2. The second-order valence-corrected chi connectivity index (χ2v) is 6.01. The smallest absolute Gasteiger partial charge is 0.321 e. The lowest BCUT2D eigenvalue weighted by atomic mass is 10.2. The molecule has 0 bridgehead atoms. The SMILES string of the molecule is Cc1ccc(N2CCN(C(=O)Nc3ccc4c(c3)OCO4)CC2)nn1. The lowest BCUT2D eigenvalue weighted by Crippen LogP contribution is -2.50. The predicted octanol–water partition coefficient (Wildman–Crippen LogP) is 1.87.